The summed E-state index contributed by atoms with van der Waals surface area (Å²) in [6.07, 6.45) is -3.78. The molecule has 0 aliphatic heterocycles. The van der Waals surface area contributed by atoms with Crippen LogP contribution in [0.5, 0.6) is 0 Å². The van der Waals surface area contributed by atoms with E-state index in [1.54, 1.807) is 0 Å². The first-order chi connectivity index (χ1) is 7.70. The van der Waals surface area contributed by atoms with Crippen molar-refractivity contribution in [3.05, 3.63) is 17.5 Å². The summed E-state index contributed by atoms with van der Waals surface area (Å²) in [7, 11) is 0. The van der Waals surface area contributed by atoms with E-state index in [1.807, 2.05) is 0 Å². The van der Waals surface area contributed by atoms with Crippen LogP contribution < -0.4 is 11.5 Å². The molecular weight excluding hydrogens is 247 g/mol. The Labute approximate surface area is 92.2 Å². The Balaban J connectivity index is 0.000000325. The van der Waals surface area contributed by atoms with Crippen LogP contribution in [-0.4, -0.2) is 28.3 Å². The number of amides is 1. The van der Waals surface area contributed by atoms with Gasteiger partial charge >= 0.3 is 12.1 Å². The van der Waals surface area contributed by atoms with Crippen molar-refractivity contribution >= 4 is 11.9 Å². The first kappa shape index (κ1) is 14.9. The Morgan fingerprint density at radius 1 is 1.47 bits per heavy atom. The van der Waals surface area contributed by atoms with Gasteiger partial charge in [0.1, 0.15) is 6.26 Å². The smallest absolute Gasteiger partial charge is 0.475 e. The molecule has 0 aliphatic rings. The van der Waals surface area contributed by atoms with Crippen molar-refractivity contribution in [1.82, 2.24) is 5.16 Å². The number of nitrogens with two attached hydrogens (primary N) is 2. The fourth-order valence-corrected chi connectivity index (χ4v) is 0.605. The van der Waals surface area contributed by atoms with E-state index in [9.17, 15) is 18.0 Å². The van der Waals surface area contributed by atoms with Crippen LogP contribution in [-0.2, 0) is 11.3 Å². The molecule has 1 amide bonds. The molecule has 0 unspecified atom stereocenters. The van der Waals surface area contributed by atoms with Crippen LogP contribution in [0.15, 0.2) is 10.8 Å². The van der Waals surface area contributed by atoms with Gasteiger partial charge in [0.15, 0.2) is 5.69 Å². The number of rotatable bonds is 2. The third-order valence-corrected chi connectivity index (χ3v) is 1.34. The molecule has 0 saturated heterocycles. The summed E-state index contributed by atoms with van der Waals surface area (Å²) in [4.78, 5) is 19.4. The highest BCUT2D eigenvalue weighted by Gasteiger charge is 2.38. The maximum absolute atomic E-state index is 10.6. The van der Waals surface area contributed by atoms with Crippen molar-refractivity contribution in [2.45, 2.75) is 12.7 Å². The molecule has 0 aromatic carbocycles. The molecule has 0 atom stereocenters. The van der Waals surface area contributed by atoms with E-state index in [0.717, 1.165) is 0 Å². The highest BCUT2D eigenvalue weighted by Crippen LogP contribution is 2.13. The Hall–Kier alpha value is -2.10. The second-order valence-electron chi connectivity index (χ2n) is 2.56. The van der Waals surface area contributed by atoms with Crippen LogP contribution in [0.1, 0.15) is 16.1 Å². The quantitative estimate of drug-likeness (QED) is 0.673. The molecule has 0 bridgehead atoms. The largest absolute Gasteiger partial charge is 0.490 e. The van der Waals surface area contributed by atoms with Gasteiger partial charge in [-0.1, -0.05) is 5.16 Å². The fourth-order valence-electron chi connectivity index (χ4n) is 0.605. The first-order valence-electron chi connectivity index (χ1n) is 3.93. The Morgan fingerprint density at radius 3 is 2.18 bits per heavy atom. The molecule has 5 N–H and O–H groups in total. The van der Waals surface area contributed by atoms with Gasteiger partial charge in [-0.2, -0.15) is 13.2 Å². The lowest BCUT2D eigenvalue weighted by Crippen LogP contribution is -2.21. The van der Waals surface area contributed by atoms with E-state index in [1.165, 1.54) is 6.26 Å². The van der Waals surface area contributed by atoms with Gasteiger partial charge in [0.05, 0.1) is 0 Å². The third kappa shape index (κ3) is 4.97. The van der Waals surface area contributed by atoms with Crippen molar-refractivity contribution in [3.63, 3.8) is 0 Å². The van der Waals surface area contributed by atoms with Crippen molar-refractivity contribution in [1.29, 1.82) is 0 Å². The molecular formula is C7H8F3N3O4. The normalized spacial score (nSPS) is 10.4. The Kier molecular flexibility index (Phi) is 5.12. The molecule has 0 aliphatic carbocycles. The van der Waals surface area contributed by atoms with Crippen LogP contribution in [0.25, 0.3) is 0 Å². The summed E-state index contributed by atoms with van der Waals surface area (Å²) in [5.41, 5.74) is 10.8. The predicted octanol–water partition coefficient (Wildman–Crippen LogP) is -0.134. The number of carbonyl (C=O) groups is 2. The number of hydrogen-bond acceptors (Lipinski definition) is 5. The molecule has 7 nitrogen and oxygen atoms in total. The van der Waals surface area contributed by atoms with Crippen LogP contribution in [0.3, 0.4) is 0 Å². The lowest BCUT2D eigenvalue weighted by Gasteiger charge is -1.93. The van der Waals surface area contributed by atoms with E-state index < -0.39 is 18.1 Å². The first-order valence-corrected chi connectivity index (χ1v) is 3.93. The van der Waals surface area contributed by atoms with Gasteiger partial charge in [-0.15, -0.1) is 0 Å². The zero-order valence-electron chi connectivity index (χ0n) is 8.19. The van der Waals surface area contributed by atoms with Crippen molar-refractivity contribution in [3.8, 4) is 0 Å². The third-order valence-electron chi connectivity index (χ3n) is 1.34. The van der Waals surface area contributed by atoms with E-state index >= 15 is 0 Å². The van der Waals surface area contributed by atoms with Crippen molar-refractivity contribution < 1.29 is 32.4 Å². The average molecular weight is 255 g/mol. The molecule has 0 spiro atoms. The molecule has 1 aromatic heterocycles. The number of nitrogens with zero attached hydrogens (tertiary/aromatic N) is 1. The Morgan fingerprint density at radius 2 is 1.94 bits per heavy atom. The van der Waals surface area contributed by atoms with Gasteiger partial charge in [-0.05, 0) is 0 Å². The van der Waals surface area contributed by atoms with Crippen LogP contribution >= 0.6 is 0 Å². The zero-order chi connectivity index (χ0) is 13.6. The summed E-state index contributed by atoms with van der Waals surface area (Å²) in [6.45, 7) is 0.210. The fraction of sp³-hybridized carbons (Fsp3) is 0.286. The van der Waals surface area contributed by atoms with E-state index in [2.05, 4.69) is 9.68 Å². The molecule has 0 radical (unpaired) electrons. The van der Waals surface area contributed by atoms with Gasteiger partial charge < -0.3 is 21.1 Å². The second-order valence-corrected chi connectivity index (χ2v) is 2.56. The summed E-state index contributed by atoms with van der Waals surface area (Å²) < 4.78 is 36.2. The minimum Gasteiger partial charge on any atom is -0.475 e. The number of hydrogen-bond donors (Lipinski definition) is 3. The van der Waals surface area contributed by atoms with Gasteiger partial charge in [0.25, 0.3) is 5.91 Å². The Bertz CT molecular complexity index is 401. The lowest BCUT2D eigenvalue weighted by molar-refractivity contribution is -0.192. The minimum atomic E-state index is -5.08. The summed E-state index contributed by atoms with van der Waals surface area (Å²) in [6, 6.07) is 0. The number of aliphatic carboxylic acids is 1. The lowest BCUT2D eigenvalue weighted by atomic mass is 10.2. The molecule has 17 heavy (non-hydrogen) atoms. The number of aromatic nitrogens is 1. The molecule has 1 heterocycles. The second kappa shape index (κ2) is 5.84. The SMILES string of the molecule is NCc1conc1C(N)=O.O=C(O)C(F)(F)F. The topological polar surface area (TPSA) is 132 Å². The van der Waals surface area contributed by atoms with Gasteiger partial charge in [0, 0.05) is 12.1 Å². The van der Waals surface area contributed by atoms with Gasteiger partial charge in [-0.3, -0.25) is 4.79 Å². The molecule has 1 rings (SSSR count). The number of carboxylic acid groups (broad SMARTS) is 1. The number of carbonyl (C=O) groups excluding carboxylic acids is 1. The summed E-state index contributed by atoms with van der Waals surface area (Å²) in [5.74, 6) is -3.37. The average Bonchev–Trinajstić information content (AvgIpc) is 2.64. The number of alkyl halides is 3. The summed E-state index contributed by atoms with van der Waals surface area (Å²) in [5, 5.41) is 10.5. The van der Waals surface area contributed by atoms with Crippen molar-refractivity contribution in [2.75, 3.05) is 0 Å². The molecule has 96 valence electrons. The minimum absolute atomic E-state index is 0.113. The number of halogens is 3. The zero-order valence-corrected chi connectivity index (χ0v) is 8.19. The molecule has 10 heteroatoms. The molecule has 0 fully saturated rings. The maximum Gasteiger partial charge on any atom is 0.490 e. The molecule has 1 aromatic rings. The highest BCUT2D eigenvalue weighted by atomic mass is 19.4. The summed E-state index contributed by atoms with van der Waals surface area (Å²) >= 11 is 0. The maximum atomic E-state index is 10.6. The predicted molar refractivity (Wildman–Crippen MR) is 46.6 cm³/mol. The van der Waals surface area contributed by atoms with Crippen LogP contribution in [0, 0.1) is 0 Å². The van der Waals surface area contributed by atoms with E-state index in [-0.39, 0.29) is 12.2 Å². The number of carboxylic acids is 1. The standard InChI is InChI=1S/C5H7N3O2.C2HF3O2/c6-1-3-2-10-8-4(3)5(7)9;3-2(4,5)1(6)7/h2H,1,6H2,(H2,7,9);(H,6,7). The number of primary amides is 1. The monoisotopic (exact) mass is 255 g/mol. The van der Waals surface area contributed by atoms with E-state index in [0.29, 0.717) is 5.56 Å². The van der Waals surface area contributed by atoms with Crippen LogP contribution in [0.2, 0.25) is 0 Å². The van der Waals surface area contributed by atoms with Gasteiger partial charge in [0.2, 0.25) is 0 Å². The van der Waals surface area contributed by atoms with E-state index in [4.69, 9.17) is 21.4 Å². The van der Waals surface area contributed by atoms with Gasteiger partial charge in [-0.25, -0.2) is 4.79 Å². The molecule has 0 saturated carbocycles. The van der Waals surface area contributed by atoms with Crippen LogP contribution in [0.4, 0.5) is 13.2 Å². The van der Waals surface area contributed by atoms with Crippen molar-refractivity contribution in [2.24, 2.45) is 11.5 Å². The highest BCUT2D eigenvalue weighted by molar-refractivity contribution is 5.91.